The van der Waals surface area contributed by atoms with Crippen molar-refractivity contribution in [2.24, 2.45) is 10.9 Å². The summed E-state index contributed by atoms with van der Waals surface area (Å²) in [6.07, 6.45) is 3.35. The van der Waals surface area contributed by atoms with Crippen LogP contribution in [0.2, 0.25) is 0 Å². The molecule has 0 saturated heterocycles. The summed E-state index contributed by atoms with van der Waals surface area (Å²) in [4.78, 5) is 4.26. The van der Waals surface area contributed by atoms with Gasteiger partial charge in [0, 0.05) is 26.3 Å². The predicted molar refractivity (Wildman–Crippen MR) is 94.0 cm³/mol. The zero-order chi connectivity index (χ0) is 18.8. The predicted octanol–water partition coefficient (Wildman–Crippen LogP) is 3.30. The lowest BCUT2D eigenvalue weighted by Gasteiger charge is -2.13. The van der Waals surface area contributed by atoms with Crippen LogP contribution in [-0.2, 0) is 11.3 Å². The highest BCUT2D eigenvalue weighted by molar-refractivity contribution is 5.79. The van der Waals surface area contributed by atoms with Crippen molar-refractivity contribution in [1.29, 1.82) is 0 Å². The lowest BCUT2D eigenvalue weighted by Crippen LogP contribution is -2.38. The zero-order valence-corrected chi connectivity index (χ0v) is 14.9. The number of guanidine groups is 1. The van der Waals surface area contributed by atoms with E-state index in [0.29, 0.717) is 25.7 Å². The number of aliphatic imine (C=N–C) groups is 1. The molecule has 2 rings (SSSR count). The summed E-state index contributed by atoms with van der Waals surface area (Å²) in [5, 5.41) is 6.16. The Balaban J connectivity index is 1.84. The van der Waals surface area contributed by atoms with E-state index in [4.69, 9.17) is 4.74 Å². The topological polar surface area (TPSA) is 54.9 Å². The average Bonchev–Trinajstić information content (AvgIpc) is 3.41. The van der Waals surface area contributed by atoms with E-state index in [1.807, 2.05) is 6.92 Å². The van der Waals surface area contributed by atoms with Crippen LogP contribution in [0.3, 0.4) is 0 Å². The minimum atomic E-state index is -3.01. The van der Waals surface area contributed by atoms with Gasteiger partial charge >= 0.3 is 6.61 Å². The maximum atomic E-state index is 13.9. The minimum absolute atomic E-state index is 0.00207. The second kappa shape index (κ2) is 10.9. The molecule has 1 aliphatic carbocycles. The number of ether oxygens (including phenoxy) is 2. The van der Waals surface area contributed by atoms with Crippen molar-refractivity contribution in [2.75, 3.05) is 26.3 Å². The second-order valence-corrected chi connectivity index (χ2v) is 6.09. The Morgan fingerprint density at radius 2 is 2.12 bits per heavy atom. The molecule has 0 aliphatic heterocycles. The number of halogens is 3. The van der Waals surface area contributed by atoms with Gasteiger partial charge in [0.15, 0.2) is 5.96 Å². The van der Waals surface area contributed by atoms with Crippen LogP contribution in [0.15, 0.2) is 23.2 Å². The largest absolute Gasteiger partial charge is 0.434 e. The summed E-state index contributed by atoms with van der Waals surface area (Å²) in [6, 6.07) is 3.82. The molecular weight excluding hydrogens is 347 g/mol. The maximum Gasteiger partial charge on any atom is 0.387 e. The van der Waals surface area contributed by atoms with Gasteiger partial charge in [-0.1, -0.05) is 6.07 Å². The normalized spacial score (nSPS) is 14.6. The Bertz CT molecular complexity index is 581. The van der Waals surface area contributed by atoms with Gasteiger partial charge in [-0.05, 0) is 44.2 Å². The van der Waals surface area contributed by atoms with Crippen molar-refractivity contribution in [3.05, 3.63) is 29.6 Å². The summed E-state index contributed by atoms with van der Waals surface area (Å²) >= 11 is 0. The van der Waals surface area contributed by atoms with Crippen molar-refractivity contribution in [2.45, 2.75) is 39.3 Å². The smallest absolute Gasteiger partial charge is 0.387 e. The number of hydrogen-bond acceptors (Lipinski definition) is 3. The van der Waals surface area contributed by atoms with E-state index >= 15 is 0 Å². The van der Waals surface area contributed by atoms with Gasteiger partial charge in [0.1, 0.15) is 11.6 Å². The summed E-state index contributed by atoms with van der Waals surface area (Å²) < 4.78 is 48.8. The molecule has 0 aromatic heterocycles. The molecule has 1 aliphatic rings. The van der Waals surface area contributed by atoms with Gasteiger partial charge in [-0.15, -0.1) is 0 Å². The van der Waals surface area contributed by atoms with Gasteiger partial charge in [0.25, 0.3) is 0 Å². The van der Waals surface area contributed by atoms with E-state index in [1.54, 1.807) is 0 Å². The fourth-order valence-corrected chi connectivity index (χ4v) is 2.31. The van der Waals surface area contributed by atoms with E-state index in [1.165, 1.54) is 31.0 Å². The van der Waals surface area contributed by atoms with Crippen LogP contribution in [0.5, 0.6) is 5.75 Å². The Morgan fingerprint density at radius 1 is 1.31 bits per heavy atom. The number of nitrogens with zero attached hydrogens (tertiary/aromatic N) is 1. The fourth-order valence-electron chi connectivity index (χ4n) is 2.31. The first-order chi connectivity index (χ1) is 12.6. The van der Waals surface area contributed by atoms with E-state index in [0.717, 1.165) is 18.9 Å². The van der Waals surface area contributed by atoms with Crippen molar-refractivity contribution >= 4 is 5.96 Å². The highest BCUT2D eigenvalue weighted by Crippen LogP contribution is 2.28. The minimum Gasteiger partial charge on any atom is -0.434 e. The highest BCUT2D eigenvalue weighted by atomic mass is 19.3. The molecule has 0 amide bonds. The molecule has 26 heavy (non-hydrogen) atoms. The highest BCUT2D eigenvalue weighted by Gasteiger charge is 2.20. The maximum absolute atomic E-state index is 13.9. The third-order valence-electron chi connectivity index (χ3n) is 3.84. The molecule has 0 atom stereocenters. The van der Waals surface area contributed by atoms with Crippen molar-refractivity contribution in [1.82, 2.24) is 10.6 Å². The van der Waals surface area contributed by atoms with Crippen LogP contribution in [-0.4, -0.2) is 38.9 Å². The molecule has 146 valence electrons. The van der Waals surface area contributed by atoms with Crippen molar-refractivity contribution in [3.8, 4) is 5.75 Å². The Labute approximate surface area is 152 Å². The van der Waals surface area contributed by atoms with E-state index in [2.05, 4.69) is 20.4 Å². The van der Waals surface area contributed by atoms with Crippen LogP contribution < -0.4 is 15.4 Å². The van der Waals surface area contributed by atoms with Gasteiger partial charge in [-0.2, -0.15) is 8.78 Å². The van der Waals surface area contributed by atoms with Gasteiger partial charge in [0.2, 0.25) is 0 Å². The van der Waals surface area contributed by atoms with Crippen molar-refractivity contribution < 1.29 is 22.6 Å². The first-order valence-corrected chi connectivity index (χ1v) is 8.92. The third kappa shape index (κ3) is 7.51. The van der Waals surface area contributed by atoms with Crippen LogP contribution >= 0.6 is 0 Å². The zero-order valence-electron chi connectivity index (χ0n) is 14.9. The van der Waals surface area contributed by atoms with Crippen LogP contribution in [0.25, 0.3) is 0 Å². The molecule has 1 saturated carbocycles. The SMILES string of the molecule is CCNC(=NCc1c(F)cccc1OC(F)F)NCCCOCC1CC1. The Hall–Kier alpha value is -1.96. The summed E-state index contributed by atoms with van der Waals surface area (Å²) in [5.41, 5.74) is -0.00207. The summed E-state index contributed by atoms with van der Waals surface area (Å²) in [7, 11) is 0. The van der Waals surface area contributed by atoms with Crippen LogP contribution in [0, 0.1) is 11.7 Å². The van der Waals surface area contributed by atoms with E-state index < -0.39 is 12.4 Å². The fraction of sp³-hybridized carbons (Fsp3) is 0.611. The molecule has 8 heteroatoms. The lowest BCUT2D eigenvalue weighted by molar-refractivity contribution is -0.0506. The average molecular weight is 373 g/mol. The van der Waals surface area contributed by atoms with E-state index in [-0.39, 0.29) is 17.9 Å². The third-order valence-corrected chi connectivity index (χ3v) is 3.84. The molecule has 1 aromatic rings. The molecule has 5 nitrogen and oxygen atoms in total. The molecule has 0 unspecified atom stereocenters. The molecule has 0 bridgehead atoms. The molecular formula is C18H26F3N3O2. The first kappa shape index (κ1) is 20.4. The van der Waals surface area contributed by atoms with Gasteiger partial charge in [0.05, 0.1) is 12.1 Å². The van der Waals surface area contributed by atoms with Gasteiger partial charge in [-0.25, -0.2) is 9.38 Å². The molecule has 0 radical (unpaired) electrons. The number of hydrogen-bond donors (Lipinski definition) is 2. The standard InChI is InChI=1S/C18H26F3N3O2/c1-2-22-18(23-9-4-10-25-12-13-7-8-13)24-11-14-15(19)5-3-6-16(14)26-17(20)21/h3,5-6,13,17H,2,4,7-12H2,1H3,(H2,22,23,24). The number of rotatable bonds is 11. The van der Waals surface area contributed by atoms with Crippen LogP contribution in [0.1, 0.15) is 31.7 Å². The molecule has 1 aromatic carbocycles. The first-order valence-electron chi connectivity index (χ1n) is 8.92. The molecule has 2 N–H and O–H groups in total. The van der Waals surface area contributed by atoms with E-state index in [9.17, 15) is 13.2 Å². The molecule has 0 heterocycles. The van der Waals surface area contributed by atoms with Crippen LogP contribution in [0.4, 0.5) is 13.2 Å². The molecule has 0 spiro atoms. The molecule has 1 fully saturated rings. The Kier molecular flexibility index (Phi) is 8.53. The number of benzene rings is 1. The number of alkyl halides is 2. The van der Waals surface area contributed by atoms with Crippen molar-refractivity contribution in [3.63, 3.8) is 0 Å². The number of nitrogens with one attached hydrogen (secondary N) is 2. The lowest BCUT2D eigenvalue weighted by atomic mass is 10.2. The van der Waals surface area contributed by atoms with Gasteiger partial charge < -0.3 is 20.1 Å². The monoisotopic (exact) mass is 373 g/mol. The summed E-state index contributed by atoms with van der Waals surface area (Å²) in [6.45, 7) is 1.56. The second-order valence-electron chi connectivity index (χ2n) is 6.09. The quantitative estimate of drug-likeness (QED) is 0.355. The van der Waals surface area contributed by atoms with Gasteiger partial charge in [-0.3, -0.25) is 0 Å². The Morgan fingerprint density at radius 3 is 2.81 bits per heavy atom. The summed E-state index contributed by atoms with van der Waals surface area (Å²) in [5.74, 6) is 0.400.